The number of hydrogen-bond acceptors (Lipinski definition) is 1. The molecule has 78 valence electrons. The second kappa shape index (κ2) is 6.67. The highest BCUT2D eigenvalue weighted by atomic mass is 35.5. The van der Waals surface area contributed by atoms with Gasteiger partial charge in [-0.1, -0.05) is 19.3 Å². The molecular formula is C11H22ClN. The van der Waals surface area contributed by atoms with E-state index >= 15 is 0 Å². The van der Waals surface area contributed by atoms with Crippen LogP contribution < -0.4 is 0 Å². The highest BCUT2D eigenvalue weighted by molar-refractivity contribution is 6.17. The molecule has 0 radical (unpaired) electrons. The summed E-state index contributed by atoms with van der Waals surface area (Å²) in [6.07, 6.45) is 8.18. The number of halogens is 1. The van der Waals surface area contributed by atoms with E-state index in [2.05, 4.69) is 11.9 Å². The SMILES string of the molecule is CN(CCCCCCl)CCC1CC1. The topological polar surface area (TPSA) is 3.24 Å². The van der Waals surface area contributed by atoms with Crippen molar-refractivity contribution in [2.75, 3.05) is 26.0 Å². The monoisotopic (exact) mass is 203 g/mol. The Morgan fingerprint density at radius 2 is 1.92 bits per heavy atom. The molecule has 0 atom stereocenters. The van der Waals surface area contributed by atoms with E-state index in [1.165, 1.54) is 51.6 Å². The van der Waals surface area contributed by atoms with Crippen LogP contribution in [0.5, 0.6) is 0 Å². The molecule has 1 nitrogen and oxygen atoms in total. The molecule has 0 amide bonds. The summed E-state index contributed by atoms with van der Waals surface area (Å²) >= 11 is 5.61. The molecule has 0 aromatic carbocycles. The Morgan fingerprint density at radius 1 is 1.15 bits per heavy atom. The Kier molecular flexibility index (Phi) is 5.81. The molecular weight excluding hydrogens is 182 g/mol. The van der Waals surface area contributed by atoms with Crippen molar-refractivity contribution in [3.63, 3.8) is 0 Å². The van der Waals surface area contributed by atoms with E-state index in [-0.39, 0.29) is 0 Å². The van der Waals surface area contributed by atoms with Crippen LogP contribution in [0.3, 0.4) is 0 Å². The molecule has 1 fully saturated rings. The van der Waals surface area contributed by atoms with Crippen molar-refractivity contribution in [1.29, 1.82) is 0 Å². The Balaban J connectivity index is 1.81. The summed E-state index contributed by atoms with van der Waals surface area (Å²) in [6, 6.07) is 0. The van der Waals surface area contributed by atoms with Crippen molar-refractivity contribution >= 4 is 11.6 Å². The third-order valence-electron chi connectivity index (χ3n) is 2.79. The van der Waals surface area contributed by atoms with Gasteiger partial charge in [-0.2, -0.15) is 0 Å². The molecule has 0 N–H and O–H groups in total. The standard InChI is InChI=1S/C11H22ClN/c1-13(9-4-2-3-8-12)10-7-11-5-6-11/h11H,2-10H2,1H3. The molecule has 0 aromatic rings. The number of alkyl halides is 1. The fourth-order valence-corrected chi connectivity index (χ4v) is 1.76. The Morgan fingerprint density at radius 3 is 2.54 bits per heavy atom. The first-order chi connectivity index (χ1) is 6.33. The van der Waals surface area contributed by atoms with Crippen LogP contribution in [0, 0.1) is 5.92 Å². The van der Waals surface area contributed by atoms with Crippen LogP contribution in [0.25, 0.3) is 0 Å². The molecule has 1 rings (SSSR count). The fourth-order valence-electron chi connectivity index (χ4n) is 1.57. The van der Waals surface area contributed by atoms with Gasteiger partial charge in [0.1, 0.15) is 0 Å². The molecule has 1 aliphatic rings. The van der Waals surface area contributed by atoms with Crippen molar-refractivity contribution < 1.29 is 0 Å². The molecule has 1 aliphatic carbocycles. The molecule has 0 aliphatic heterocycles. The van der Waals surface area contributed by atoms with Gasteiger partial charge in [-0.15, -0.1) is 11.6 Å². The quantitative estimate of drug-likeness (QED) is 0.433. The minimum absolute atomic E-state index is 0.825. The van der Waals surface area contributed by atoms with Crippen LogP contribution >= 0.6 is 11.6 Å². The van der Waals surface area contributed by atoms with Crippen LogP contribution in [-0.2, 0) is 0 Å². The van der Waals surface area contributed by atoms with Crippen molar-refractivity contribution in [1.82, 2.24) is 4.90 Å². The highest BCUT2D eigenvalue weighted by Gasteiger charge is 2.20. The summed E-state index contributed by atoms with van der Waals surface area (Å²) in [7, 11) is 2.24. The zero-order valence-electron chi connectivity index (χ0n) is 8.77. The van der Waals surface area contributed by atoms with Gasteiger partial charge in [0.25, 0.3) is 0 Å². The van der Waals surface area contributed by atoms with E-state index in [1.54, 1.807) is 0 Å². The van der Waals surface area contributed by atoms with Gasteiger partial charge < -0.3 is 4.90 Å². The lowest BCUT2D eigenvalue weighted by Crippen LogP contribution is -2.21. The van der Waals surface area contributed by atoms with Crippen LogP contribution in [0.4, 0.5) is 0 Å². The van der Waals surface area contributed by atoms with Crippen LogP contribution in [0.15, 0.2) is 0 Å². The first kappa shape index (κ1) is 11.3. The predicted molar refractivity (Wildman–Crippen MR) is 59.4 cm³/mol. The molecule has 0 aromatic heterocycles. The summed E-state index contributed by atoms with van der Waals surface area (Å²) in [5.74, 6) is 1.90. The third-order valence-corrected chi connectivity index (χ3v) is 3.06. The van der Waals surface area contributed by atoms with Gasteiger partial charge in [0, 0.05) is 5.88 Å². The average molecular weight is 204 g/mol. The zero-order chi connectivity index (χ0) is 9.52. The smallest absolute Gasteiger partial charge is 0.0223 e. The van der Waals surface area contributed by atoms with E-state index in [0.29, 0.717) is 0 Å². The van der Waals surface area contributed by atoms with Crippen molar-refractivity contribution in [2.45, 2.75) is 38.5 Å². The normalized spacial score (nSPS) is 16.8. The summed E-state index contributed by atoms with van der Waals surface area (Å²) in [4.78, 5) is 2.46. The second-order valence-electron chi connectivity index (χ2n) is 4.28. The molecule has 0 unspecified atom stereocenters. The van der Waals surface area contributed by atoms with E-state index < -0.39 is 0 Å². The number of unbranched alkanes of at least 4 members (excludes halogenated alkanes) is 2. The van der Waals surface area contributed by atoms with Gasteiger partial charge in [-0.25, -0.2) is 0 Å². The molecule has 0 heterocycles. The molecule has 0 bridgehead atoms. The van der Waals surface area contributed by atoms with Gasteiger partial charge in [0.2, 0.25) is 0 Å². The van der Waals surface area contributed by atoms with Gasteiger partial charge in [0.15, 0.2) is 0 Å². The van der Waals surface area contributed by atoms with Gasteiger partial charge in [0.05, 0.1) is 0 Å². The van der Waals surface area contributed by atoms with E-state index in [9.17, 15) is 0 Å². The van der Waals surface area contributed by atoms with Crippen LogP contribution in [-0.4, -0.2) is 30.9 Å². The predicted octanol–water partition coefficient (Wildman–Crippen LogP) is 3.13. The Bertz CT molecular complexity index is 123. The molecule has 2 heteroatoms. The Labute approximate surface area is 87.4 Å². The summed E-state index contributed by atoms with van der Waals surface area (Å²) in [5, 5.41) is 0. The van der Waals surface area contributed by atoms with Crippen molar-refractivity contribution in [3.8, 4) is 0 Å². The van der Waals surface area contributed by atoms with E-state index in [1.807, 2.05) is 0 Å². The lowest BCUT2D eigenvalue weighted by Gasteiger charge is -2.15. The second-order valence-corrected chi connectivity index (χ2v) is 4.66. The maximum Gasteiger partial charge on any atom is 0.0223 e. The lowest BCUT2D eigenvalue weighted by molar-refractivity contribution is 0.314. The first-order valence-corrected chi connectivity index (χ1v) is 6.11. The highest BCUT2D eigenvalue weighted by Crippen LogP contribution is 2.32. The number of nitrogens with zero attached hydrogens (tertiary/aromatic N) is 1. The first-order valence-electron chi connectivity index (χ1n) is 5.57. The van der Waals surface area contributed by atoms with E-state index in [0.717, 1.165) is 11.8 Å². The maximum atomic E-state index is 5.61. The largest absolute Gasteiger partial charge is 0.306 e. The average Bonchev–Trinajstić information content (AvgIpc) is 2.92. The van der Waals surface area contributed by atoms with E-state index in [4.69, 9.17) is 11.6 Å². The Hall–Kier alpha value is 0.250. The van der Waals surface area contributed by atoms with Crippen molar-refractivity contribution in [3.05, 3.63) is 0 Å². The maximum absolute atomic E-state index is 5.61. The summed E-state index contributed by atoms with van der Waals surface area (Å²) < 4.78 is 0. The summed E-state index contributed by atoms with van der Waals surface area (Å²) in [5.41, 5.74) is 0. The molecule has 13 heavy (non-hydrogen) atoms. The number of rotatable bonds is 8. The van der Waals surface area contributed by atoms with Crippen molar-refractivity contribution in [2.24, 2.45) is 5.92 Å². The minimum atomic E-state index is 0.825. The van der Waals surface area contributed by atoms with Gasteiger partial charge >= 0.3 is 0 Å². The minimum Gasteiger partial charge on any atom is -0.306 e. The van der Waals surface area contributed by atoms with Gasteiger partial charge in [-0.3, -0.25) is 0 Å². The van der Waals surface area contributed by atoms with Gasteiger partial charge in [-0.05, 0) is 45.3 Å². The number of hydrogen-bond donors (Lipinski definition) is 0. The van der Waals surface area contributed by atoms with Crippen LogP contribution in [0.1, 0.15) is 38.5 Å². The third kappa shape index (κ3) is 6.34. The molecule has 1 saturated carbocycles. The zero-order valence-corrected chi connectivity index (χ0v) is 9.52. The lowest BCUT2D eigenvalue weighted by atomic mass is 10.2. The van der Waals surface area contributed by atoms with Crippen LogP contribution in [0.2, 0.25) is 0 Å². The molecule has 0 spiro atoms. The fraction of sp³-hybridized carbons (Fsp3) is 1.00. The summed E-state index contributed by atoms with van der Waals surface area (Å²) in [6.45, 7) is 2.55. The molecule has 0 saturated heterocycles.